The molecular weight excluding hydrogens is 245 g/mol. The summed E-state index contributed by atoms with van der Waals surface area (Å²) in [5.74, 6) is -0.0531. The van der Waals surface area contributed by atoms with Crippen LogP contribution >= 0.6 is 9.24 Å². The molecule has 1 aliphatic rings. The smallest absolute Gasteiger partial charge is 0.238 e. The van der Waals surface area contributed by atoms with Crippen LogP contribution in [-0.2, 0) is 9.59 Å². The fourth-order valence-corrected chi connectivity index (χ4v) is 2.23. The summed E-state index contributed by atoms with van der Waals surface area (Å²) >= 11 is 0. The third-order valence-corrected chi connectivity index (χ3v) is 3.75. The van der Waals surface area contributed by atoms with Gasteiger partial charge in [0, 0.05) is 12.1 Å². The molecule has 1 aliphatic carbocycles. The quantitative estimate of drug-likeness (QED) is 0.654. The second-order valence-electron chi connectivity index (χ2n) is 4.83. The van der Waals surface area contributed by atoms with E-state index in [4.69, 9.17) is 0 Å². The maximum absolute atomic E-state index is 12.2. The van der Waals surface area contributed by atoms with E-state index in [1.54, 1.807) is 0 Å². The molecule has 2 rings (SSSR count). The maximum Gasteiger partial charge on any atom is 0.238 e. The average Bonchev–Trinajstić information content (AvgIpc) is 3.14. The largest absolute Gasteiger partial charge is 0.325 e. The minimum atomic E-state index is -0.727. The zero-order chi connectivity index (χ0) is 13.2. The van der Waals surface area contributed by atoms with Gasteiger partial charge in [-0.2, -0.15) is 0 Å². The summed E-state index contributed by atoms with van der Waals surface area (Å²) in [5, 5.41) is 3.91. The summed E-state index contributed by atoms with van der Waals surface area (Å²) in [4.78, 5) is 24.1. The molecule has 0 aromatic heterocycles. The Balaban J connectivity index is 2.04. The minimum Gasteiger partial charge on any atom is -0.325 e. The van der Waals surface area contributed by atoms with Gasteiger partial charge >= 0.3 is 0 Å². The first-order chi connectivity index (χ1) is 8.58. The van der Waals surface area contributed by atoms with Gasteiger partial charge in [0.1, 0.15) is 11.2 Å². The van der Waals surface area contributed by atoms with Crippen molar-refractivity contribution in [2.75, 3.05) is 5.32 Å². The SMILES string of the molecule is CCCC(=O)C1(C(=O)Nc2ccc(P)cc2)CC1. The summed E-state index contributed by atoms with van der Waals surface area (Å²) < 4.78 is 0. The maximum atomic E-state index is 12.2. The number of hydrogen-bond acceptors (Lipinski definition) is 2. The van der Waals surface area contributed by atoms with Crippen LogP contribution in [0.3, 0.4) is 0 Å². The van der Waals surface area contributed by atoms with Crippen LogP contribution in [0.25, 0.3) is 0 Å². The van der Waals surface area contributed by atoms with Gasteiger partial charge in [-0.15, -0.1) is 9.24 Å². The van der Waals surface area contributed by atoms with E-state index in [1.807, 2.05) is 31.2 Å². The molecule has 1 atom stereocenters. The molecule has 0 heterocycles. The van der Waals surface area contributed by atoms with Crippen LogP contribution in [0.4, 0.5) is 5.69 Å². The fourth-order valence-electron chi connectivity index (χ4n) is 2.04. The fraction of sp³-hybridized carbons (Fsp3) is 0.429. The summed E-state index contributed by atoms with van der Waals surface area (Å²) in [7, 11) is 2.60. The molecule has 4 heteroatoms. The first kappa shape index (κ1) is 13.2. The normalized spacial score (nSPS) is 16.1. The Bertz CT molecular complexity index is 463. The second-order valence-corrected chi connectivity index (χ2v) is 5.50. The topological polar surface area (TPSA) is 46.2 Å². The number of rotatable bonds is 5. The lowest BCUT2D eigenvalue weighted by molar-refractivity contribution is -0.133. The van der Waals surface area contributed by atoms with Gasteiger partial charge in [0.25, 0.3) is 0 Å². The van der Waals surface area contributed by atoms with Crippen LogP contribution in [-0.4, -0.2) is 11.7 Å². The zero-order valence-corrected chi connectivity index (χ0v) is 11.7. The zero-order valence-electron chi connectivity index (χ0n) is 10.5. The van der Waals surface area contributed by atoms with Crippen LogP contribution in [0, 0.1) is 5.41 Å². The van der Waals surface area contributed by atoms with Crippen molar-refractivity contribution in [3.8, 4) is 0 Å². The third-order valence-electron chi connectivity index (χ3n) is 3.36. The molecule has 1 N–H and O–H groups in total. The van der Waals surface area contributed by atoms with Crippen LogP contribution in [0.5, 0.6) is 0 Å². The van der Waals surface area contributed by atoms with Gasteiger partial charge in [0.2, 0.25) is 5.91 Å². The molecule has 96 valence electrons. The number of nitrogens with one attached hydrogen (secondary N) is 1. The summed E-state index contributed by atoms with van der Waals surface area (Å²) in [6, 6.07) is 7.52. The molecule has 1 aromatic rings. The van der Waals surface area contributed by atoms with Crippen molar-refractivity contribution >= 4 is 31.9 Å². The lowest BCUT2D eigenvalue weighted by Gasteiger charge is -2.14. The number of carbonyl (C=O) groups excluding carboxylic acids is 2. The highest BCUT2D eigenvalue weighted by Crippen LogP contribution is 2.48. The standard InChI is InChI=1S/C14H18NO2P/c1-2-3-12(16)14(8-9-14)13(17)15-10-4-6-11(18)7-5-10/h4-7H,2-3,8-9,18H2,1H3,(H,15,17). The van der Waals surface area contributed by atoms with Crippen molar-refractivity contribution in [2.45, 2.75) is 32.6 Å². The van der Waals surface area contributed by atoms with Gasteiger partial charge in [0.15, 0.2) is 0 Å². The molecule has 1 amide bonds. The van der Waals surface area contributed by atoms with Crippen molar-refractivity contribution in [3.63, 3.8) is 0 Å². The van der Waals surface area contributed by atoms with Crippen LogP contribution < -0.4 is 10.6 Å². The number of anilines is 1. The van der Waals surface area contributed by atoms with Crippen molar-refractivity contribution in [2.24, 2.45) is 5.41 Å². The number of amides is 1. The van der Waals surface area contributed by atoms with Crippen molar-refractivity contribution in [1.82, 2.24) is 0 Å². The number of carbonyl (C=O) groups is 2. The number of benzene rings is 1. The monoisotopic (exact) mass is 263 g/mol. The number of ketones is 1. The van der Waals surface area contributed by atoms with Crippen molar-refractivity contribution in [3.05, 3.63) is 24.3 Å². The molecule has 1 unspecified atom stereocenters. The summed E-state index contributed by atoms with van der Waals surface area (Å²) in [6.07, 6.45) is 2.69. The molecule has 0 aliphatic heterocycles. The second kappa shape index (κ2) is 5.19. The number of hydrogen-bond donors (Lipinski definition) is 1. The average molecular weight is 263 g/mol. The van der Waals surface area contributed by atoms with Gasteiger partial charge in [-0.1, -0.05) is 19.1 Å². The van der Waals surface area contributed by atoms with Gasteiger partial charge in [-0.05, 0) is 36.7 Å². The Labute approximate surface area is 110 Å². The lowest BCUT2D eigenvalue weighted by Crippen LogP contribution is -2.31. The predicted octanol–water partition coefficient (Wildman–Crippen LogP) is 2.27. The van der Waals surface area contributed by atoms with Crippen molar-refractivity contribution < 1.29 is 9.59 Å². The van der Waals surface area contributed by atoms with Crippen LogP contribution in [0.1, 0.15) is 32.6 Å². The number of Topliss-reactive ketones (excluding diaryl/α,β-unsaturated/α-hetero) is 1. The molecule has 1 fully saturated rings. The Kier molecular flexibility index (Phi) is 3.82. The third kappa shape index (κ3) is 2.62. The summed E-state index contributed by atoms with van der Waals surface area (Å²) in [5.41, 5.74) is 0.0251. The molecule has 1 saturated carbocycles. The first-order valence-corrected chi connectivity index (χ1v) is 6.86. The van der Waals surface area contributed by atoms with Gasteiger partial charge in [0.05, 0.1) is 0 Å². The van der Waals surface area contributed by atoms with Crippen LogP contribution in [0.2, 0.25) is 0 Å². The molecule has 0 spiro atoms. The van der Waals surface area contributed by atoms with Gasteiger partial charge in [-0.3, -0.25) is 9.59 Å². The van der Waals surface area contributed by atoms with E-state index in [0.29, 0.717) is 19.3 Å². The molecule has 3 nitrogen and oxygen atoms in total. The molecule has 0 saturated heterocycles. The highest BCUT2D eigenvalue weighted by molar-refractivity contribution is 7.27. The Morgan fingerprint density at radius 1 is 1.28 bits per heavy atom. The highest BCUT2D eigenvalue weighted by atomic mass is 31.0. The molecule has 18 heavy (non-hydrogen) atoms. The van der Waals surface area contributed by atoms with Gasteiger partial charge in [-0.25, -0.2) is 0 Å². The molecule has 0 radical (unpaired) electrons. The van der Waals surface area contributed by atoms with E-state index >= 15 is 0 Å². The molecule has 1 aromatic carbocycles. The van der Waals surface area contributed by atoms with E-state index < -0.39 is 5.41 Å². The van der Waals surface area contributed by atoms with E-state index in [2.05, 4.69) is 14.6 Å². The first-order valence-electron chi connectivity index (χ1n) is 6.29. The van der Waals surface area contributed by atoms with E-state index in [-0.39, 0.29) is 11.7 Å². The Morgan fingerprint density at radius 2 is 1.89 bits per heavy atom. The van der Waals surface area contributed by atoms with E-state index in [1.165, 1.54) is 0 Å². The van der Waals surface area contributed by atoms with E-state index in [9.17, 15) is 9.59 Å². The summed E-state index contributed by atoms with van der Waals surface area (Å²) in [6.45, 7) is 1.96. The van der Waals surface area contributed by atoms with Gasteiger partial charge < -0.3 is 5.32 Å². The molecular formula is C14H18NO2P. The van der Waals surface area contributed by atoms with E-state index in [0.717, 1.165) is 17.4 Å². The Hall–Kier alpha value is -1.21. The van der Waals surface area contributed by atoms with Crippen LogP contribution in [0.15, 0.2) is 24.3 Å². The molecule has 0 bridgehead atoms. The Morgan fingerprint density at radius 3 is 2.39 bits per heavy atom. The lowest BCUT2D eigenvalue weighted by atomic mass is 9.96. The predicted molar refractivity (Wildman–Crippen MR) is 76.0 cm³/mol. The minimum absolute atomic E-state index is 0.0881. The highest BCUT2D eigenvalue weighted by Gasteiger charge is 2.55. The van der Waals surface area contributed by atoms with Crippen molar-refractivity contribution in [1.29, 1.82) is 0 Å².